The fourth-order valence-electron chi connectivity index (χ4n) is 1.04. The first kappa shape index (κ1) is 12.1. The largest absolute Gasteiger partial charge is 0.383 e. The number of nitrogens with two attached hydrogens (primary N) is 1. The van der Waals surface area contributed by atoms with E-state index in [0.717, 1.165) is 10.7 Å². The van der Waals surface area contributed by atoms with E-state index in [4.69, 9.17) is 10.5 Å². The second-order valence-electron chi connectivity index (χ2n) is 2.96. The van der Waals surface area contributed by atoms with E-state index in [1.165, 1.54) is 11.3 Å². The zero-order valence-electron chi connectivity index (χ0n) is 8.66. The first-order chi connectivity index (χ1) is 7.26. The van der Waals surface area contributed by atoms with Gasteiger partial charge in [0.1, 0.15) is 5.01 Å². The molecule has 0 fully saturated rings. The molecule has 3 N–H and O–H groups in total. The van der Waals surface area contributed by atoms with Gasteiger partial charge in [0.2, 0.25) is 5.91 Å². The summed E-state index contributed by atoms with van der Waals surface area (Å²) in [5.74, 6) is -0.0408. The minimum absolute atomic E-state index is 0.0408. The predicted molar refractivity (Wildman–Crippen MR) is 58.6 cm³/mol. The van der Waals surface area contributed by atoms with Gasteiger partial charge < -0.3 is 15.8 Å². The van der Waals surface area contributed by atoms with Gasteiger partial charge in [-0.25, -0.2) is 4.98 Å². The normalized spacial score (nSPS) is 10.3. The van der Waals surface area contributed by atoms with Gasteiger partial charge in [-0.05, 0) is 0 Å². The molecule has 1 rings (SSSR count). The molecule has 1 heterocycles. The summed E-state index contributed by atoms with van der Waals surface area (Å²) < 4.78 is 4.82. The maximum Gasteiger partial charge on any atom is 0.226 e. The molecular weight excluding hydrogens is 214 g/mol. The number of rotatable bonds is 6. The highest BCUT2D eigenvalue weighted by Gasteiger charge is 2.06. The van der Waals surface area contributed by atoms with E-state index in [1.807, 2.05) is 5.38 Å². The van der Waals surface area contributed by atoms with Gasteiger partial charge in [0.15, 0.2) is 0 Å². The number of nitrogens with one attached hydrogen (secondary N) is 1. The summed E-state index contributed by atoms with van der Waals surface area (Å²) >= 11 is 1.48. The zero-order chi connectivity index (χ0) is 11.1. The lowest BCUT2D eigenvalue weighted by atomic mass is 10.3. The predicted octanol–water partition coefficient (Wildman–Crippen LogP) is -0.0931. The van der Waals surface area contributed by atoms with Crippen molar-refractivity contribution in [2.45, 2.75) is 13.0 Å². The Morgan fingerprint density at radius 2 is 2.53 bits per heavy atom. The van der Waals surface area contributed by atoms with Crippen LogP contribution in [0.4, 0.5) is 0 Å². The smallest absolute Gasteiger partial charge is 0.226 e. The van der Waals surface area contributed by atoms with Crippen molar-refractivity contribution in [3.05, 3.63) is 16.1 Å². The first-order valence-corrected chi connectivity index (χ1v) is 5.53. The van der Waals surface area contributed by atoms with Crippen LogP contribution in [0.2, 0.25) is 0 Å². The van der Waals surface area contributed by atoms with E-state index < -0.39 is 0 Å². The van der Waals surface area contributed by atoms with Crippen LogP contribution in [-0.4, -0.2) is 31.2 Å². The standard InChI is InChI=1S/C9H15N3O2S/c1-14-3-2-11-8(13)4-7-6-15-9(5-10)12-7/h6H,2-5,10H2,1H3,(H,11,13). The van der Waals surface area contributed by atoms with Crippen LogP contribution < -0.4 is 11.1 Å². The number of carbonyl (C=O) groups is 1. The second kappa shape index (κ2) is 6.49. The van der Waals surface area contributed by atoms with Crippen molar-refractivity contribution in [1.82, 2.24) is 10.3 Å². The number of nitrogens with zero attached hydrogens (tertiary/aromatic N) is 1. The Kier molecular flexibility index (Phi) is 5.23. The summed E-state index contributed by atoms with van der Waals surface area (Å²) in [5, 5.41) is 5.44. The Balaban J connectivity index is 2.31. The Hall–Kier alpha value is -0.980. The van der Waals surface area contributed by atoms with Gasteiger partial charge in [0.05, 0.1) is 18.7 Å². The number of amides is 1. The number of ether oxygens (including phenoxy) is 1. The Morgan fingerprint density at radius 1 is 1.73 bits per heavy atom. The maximum atomic E-state index is 11.4. The SMILES string of the molecule is COCCNC(=O)Cc1csc(CN)n1. The molecule has 0 aliphatic heterocycles. The highest BCUT2D eigenvalue weighted by atomic mass is 32.1. The van der Waals surface area contributed by atoms with E-state index in [-0.39, 0.29) is 5.91 Å². The number of methoxy groups -OCH3 is 1. The minimum atomic E-state index is -0.0408. The molecule has 84 valence electrons. The van der Waals surface area contributed by atoms with Crippen molar-refractivity contribution in [3.8, 4) is 0 Å². The molecule has 0 aliphatic carbocycles. The number of aromatic nitrogens is 1. The van der Waals surface area contributed by atoms with Crippen molar-refractivity contribution in [3.63, 3.8) is 0 Å². The molecule has 0 spiro atoms. The lowest BCUT2D eigenvalue weighted by Crippen LogP contribution is -2.28. The number of thiazole rings is 1. The van der Waals surface area contributed by atoms with Crippen LogP contribution in [0.25, 0.3) is 0 Å². The molecule has 0 saturated heterocycles. The van der Waals surface area contributed by atoms with Crippen LogP contribution in [0.5, 0.6) is 0 Å². The van der Waals surface area contributed by atoms with E-state index in [2.05, 4.69) is 10.3 Å². The Labute approximate surface area is 92.6 Å². The second-order valence-corrected chi connectivity index (χ2v) is 3.90. The van der Waals surface area contributed by atoms with Crippen LogP contribution in [0.15, 0.2) is 5.38 Å². The van der Waals surface area contributed by atoms with Crippen LogP contribution in [0.3, 0.4) is 0 Å². The Morgan fingerprint density at radius 3 is 3.13 bits per heavy atom. The first-order valence-electron chi connectivity index (χ1n) is 4.65. The summed E-state index contributed by atoms with van der Waals surface area (Å²) in [6, 6.07) is 0. The molecule has 0 aliphatic rings. The molecule has 6 heteroatoms. The third-order valence-electron chi connectivity index (χ3n) is 1.74. The lowest BCUT2D eigenvalue weighted by molar-refractivity contribution is -0.120. The molecular formula is C9H15N3O2S. The lowest BCUT2D eigenvalue weighted by Gasteiger charge is -2.02. The molecule has 5 nitrogen and oxygen atoms in total. The van der Waals surface area contributed by atoms with Gasteiger partial charge in [0.25, 0.3) is 0 Å². The number of hydrogen-bond donors (Lipinski definition) is 2. The van der Waals surface area contributed by atoms with Gasteiger partial charge in [-0.3, -0.25) is 4.79 Å². The monoisotopic (exact) mass is 229 g/mol. The summed E-state index contributed by atoms with van der Waals surface area (Å²) in [7, 11) is 1.60. The van der Waals surface area contributed by atoms with Crippen molar-refractivity contribution < 1.29 is 9.53 Å². The fraction of sp³-hybridized carbons (Fsp3) is 0.556. The van der Waals surface area contributed by atoms with Gasteiger partial charge in [-0.1, -0.05) is 0 Å². The Bertz CT molecular complexity index is 314. The number of hydrogen-bond acceptors (Lipinski definition) is 5. The summed E-state index contributed by atoms with van der Waals surface area (Å²) in [4.78, 5) is 15.5. The van der Waals surface area contributed by atoms with Crippen LogP contribution in [-0.2, 0) is 22.5 Å². The average Bonchev–Trinajstić information content (AvgIpc) is 2.66. The van der Waals surface area contributed by atoms with Crippen molar-refractivity contribution in [2.75, 3.05) is 20.3 Å². The van der Waals surface area contributed by atoms with Gasteiger partial charge >= 0.3 is 0 Å². The summed E-state index contributed by atoms with van der Waals surface area (Å²) in [6.45, 7) is 1.48. The molecule has 1 aromatic heterocycles. The summed E-state index contributed by atoms with van der Waals surface area (Å²) in [6.07, 6.45) is 0.306. The highest BCUT2D eigenvalue weighted by molar-refractivity contribution is 7.09. The van der Waals surface area contributed by atoms with E-state index in [9.17, 15) is 4.79 Å². The van der Waals surface area contributed by atoms with Crippen LogP contribution in [0.1, 0.15) is 10.7 Å². The zero-order valence-corrected chi connectivity index (χ0v) is 9.47. The third kappa shape index (κ3) is 4.37. The fourth-order valence-corrected chi connectivity index (χ4v) is 1.72. The quantitative estimate of drug-likeness (QED) is 0.668. The van der Waals surface area contributed by atoms with E-state index >= 15 is 0 Å². The third-order valence-corrected chi connectivity index (χ3v) is 2.66. The van der Waals surface area contributed by atoms with Crippen molar-refractivity contribution >= 4 is 17.2 Å². The van der Waals surface area contributed by atoms with E-state index in [1.54, 1.807) is 7.11 Å². The molecule has 0 bridgehead atoms. The minimum Gasteiger partial charge on any atom is -0.383 e. The molecule has 0 aromatic carbocycles. The van der Waals surface area contributed by atoms with Gasteiger partial charge in [0, 0.05) is 25.6 Å². The molecule has 15 heavy (non-hydrogen) atoms. The van der Waals surface area contributed by atoms with Crippen molar-refractivity contribution in [1.29, 1.82) is 0 Å². The topological polar surface area (TPSA) is 77.2 Å². The van der Waals surface area contributed by atoms with Crippen LogP contribution >= 0.6 is 11.3 Å². The molecule has 0 unspecified atom stereocenters. The molecule has 0 saturated carbocycles. The molecule has 0 radical (unpaired) electrons. The van der Waals surface area contributed by atoms with Crippen LogP contribution in [0, 0.1) is 0 Å². The van der Waals surface area contributed by atoms with E-state index in [0.29, 0.717) is 26.1 Å². The van der Waals surface area contributed by atoms with Crippen molar-refractivity contribution in [2.24, 2.45) is 5.73 Å². The summed E-state index contributed by atoms with van der Waals surface area (Å²) in [5.41, 5.74) is 6.20. The molecule has 0 atom stereocenters. The van der Waals surface area contributed by atoms with Gasteiger partial charge in [-0.15, -0.1) is 11.3 Å². The highest BCUT2D eigenvalue weighted by Crippen LogP contribution is 2.08. The van der Waals surface area contributed by atoms with Gasteiger partial charge in [-0.2, -0.15) is 0 Å². The molecule has 1 aromatic rings. The average molecular weight is 229 g/mol. The molecule has 1 amide bonds. The number of carbonyl (C=O) groups excluding carboxylic acids is 1. The maximum absolute atomic E-state index is 11.4.